The molecule has 0 saturated heterocycles. The van der Waals surface area contributed by atoms with Crippen molar-refractivity contribution in [2.75, 3.05) is 5.33 Å². The van der Waals surface area contributed by atoms with Crippen molar-refractivity contribution in [3.05, 3.63) is 34.3 Å². The molecule has 4 nitrogen and oxygen atoms in total. The molecule has 0 amide bonds. The third kappa shape index (κ3) is 1.72. The summed E-state index contributed by atoms with van der Waals surface area (Å²) in [4.78, 5) is 11.2. The number of oxazole rings is 1. The van der Waals surface area contributed by atoms with E-state index in [0.29, 0.717) is 10.9 Å². The summed E-state index contributed by atoms with van der Waals surface area (Å²) in [5.41, 5.74) is 1.96. The van der Waals surface area contributed by atoms with E-state index in [4.69, 9.17) is 4.42 Å². The number of halogens is 1. The Morgan fingerprint density at radius 3 is 3.00 bits per heavy atom. The number of aliphatic hydroxyl groups is 1. The van der Waals surface area contributed by atoms with Crippen molar-refractivity contribution in [1.82, 2.24) is 4.57 Å². The smallest absolute Gasteiger partial charge is 0.408 e. The number of hydrogen-bond acceptors (Lipinski definition) is 3. The second kappa shape index (κ2) is 3.83. The normalized spacial score (nSPS) is 13.3. The van der Waals surface area contributed by atoms with Crippen LogP contribution in [0.15, 0.2) is 27.4 Å². The van der Waals surface area contributed by atoms with Gasteiger partial charge < -0.3 is 9.52 Å². The molecule has 1 atom stereocenters. The molecule has 0 saturated carbocycles. The largest absolute Gasteiger partial charge is 0.419 e. The molecule has 0 aliphatic rings. The topological polar surface area (TPSA) is 55.4 Å². The van der Waals surface area contributed by atoms with Crippen LogP contribution in [0.3, 0.4) is 0 Å². The van der Waals surface area contributed by atoms with Crippen molar-refractivity contribution in [1.29, 1.82) is 0 Å². The first-order valence-electron chi connectivity index (χ1n) is 4.47. The molecule has 0 bridgehead atoms. The minimum Gasteiger partial charge on any atom is -0.408 e. The zero-order chi connectivity index (χ0) is 11.0. The monoisotopic (exact) mass is 271 g/mol. The van der Waals surface area contributed by atoms with Crippen LogP contribution in [0.5, 0.6) is 0 Å². The number of rotatable bonds is 2. The predicted octanol–water partition coefficient (Wildman–Crippen LogP) is 1.56. The Bertz CT molecular complexity index is 543. The predicted molar refractivity (Wildman–Crippen MR) is 60.2 cm³/mol. The quantitative estimate of drug-likeness (QED) is 0.844. The van der Waals surface area contributed by atoms with E-state index in [1.54, 1.807) is 25.2 Å². The summed E-state index contributed by atoms with van der Waals surface area (Å²) in [5, 5.41) is 10.0. The SMILES string of the molecule is Cn1c(=O)oc2cc(C(O)CBr)ccc21. The van der Waals surface area contributed by atoms with Gasteiger partial charge in [0, 0.05) is 12.4 Å². The van der Waals surface area contributed by atoms with Gasteiger partial charge in [0.15, 0.2) is 5.58 Å². The fourth-order valence-corrected chi connectivity index (χ4v) is 1.82. The van der Waals surface area contributed by atoms with Crippen LogP contribution in [0.25, 0.3) is 11.1 Å². The molecule has 2 aromatic rings. The van der Waals surface area contributed by atoms with E-state index in [1.807, 2.05) is 0 Å². The third-order valence-corrected chi connectivity index (χ3v) is 2.96. The number of benzene rings is 1. The Morgan fingerprint density at radius 1 is 1.60 bits per heavy atom. The van der Waals surface area contributed by atoms with Crippen LogP contribution in [0.4, 0.5) is 0 Å². The Kier molecular flexibility index (Phi) is 2.67. The molecule has 1 unspecified atom stereocenters. The van der Waals surface area contributed by atoms with Crippen LogP contribution in [0, 0.1) is 0 Å². The zero-order valence-electron chi connectivity index (χ0n) is 8.11. The van der Waals surface area contributed by atoms with Crippen LogP contribution in [-0.4, -0.2) is 15.0 Å². The van der Waals surface area contributed by atoms with Crippen LogP contribution >= 0.6 is 15.9 Å². The average Bonchev–Trinajstić information content (AvgIpc) is 2.53. The lowest BCUT2D eigenvalue weighted by Crippen LogP contribution is -2.08. The fourth-order valence-electron chi connectivity index (χ4n) is 1.45. The van der Waals surface area contributed by atoms with Gasteiger partial charge in [0.2, 0.25) is 0 Å². The van der Waals surface area contributed by atoms with Gasteiger partial charge in [-0.2, -0.15) is 0 Å². The second-order valence-electron chi connectivity index (χ2n) is 3.32. The highest BCUT2D eigenvalue weighted by atomic mass is 79.9. The van der Waals surface area contributed by atoms with Crippen molar-refractivity contribution < 1.29 is 9.52 Å². The Balaban J connectivity index is 2.62. The van der Waals surface area contributed by atoms with Gasteiger partial charge in [0.1, 0.15) is 0 Å². The van der Waals surface area contributed by atoms with Crippen molar-refractivity contribution in [3.63, 3.8) is 0 Å². The van der Waals surface area contributed by atoms with Crippen molar-refractivity contribution in [2.45, 2.75) is 6.10 Å². The van der Waals surface area contributed by atoms with Gasteiger partial charge in [-0.1, -0.05) is 22.0 Å². The molecule has 0 spiro atoms. The molecule has 1 heterocycles. The van der Waals surface area contributed by atoms with Crippen molar-refractivity contribution in [3.8, 4) is 0 Å². The van der Waals surface area contributed by atoms with Crippen LogP contribution in [0.1, 0.15) is 11.7 Å². The Morgan fingerprint density at radius 2 is 2.33 bits per heavy atom. The number of aryl methyl sites for hydroxylation is 1. The van der Waals surface area contributed by atoms with Crippen molar-refractivity contribution in [2.24, 2.45) is 7.05 Å². The second-order valence-corrected chi connectivity index (χ2v) is 3.97. The molecular formula is C10H10BrNO3. The molecule has 0 radical (unpaired) electrons. The molecule has 80 valence electrons. The van der Waals surface area contributed by atoms with Crippen LogP contribution < -0.4 is 5.76 Å². The van der Waals surface area contributed by atoms with E-state index in [0.717, 1.165) is 11.1 Å². The minimum atomic E-state index is -0.583. The first-order chi connectivity index (χ1) is 7.13. The van der Waals surface area contributed by atoms with Gasteiger partial charge in [-0.05, 0) is 17.7 Å². The minimum absolute atomic E-state index is 0.393. The standard InChI is InChI=1S/C10H10BrNO3/c1-12-7-3-2-6(8(13)5-11)4-9(7)15-10(12)14/h2-4,8,13H,5H2,1H3. The summed E-state index contributed by atoms with van der Waals surface area (Å²) < 4.78 is 6.45. The zero-order valence-corrected chi connectivity index (χ0v) is 9.69. The first-order valence-corrected chi connectivity index (χ1v) is 5.59. The Hall–Kier alpha value is -1.07. The van der Waals surface area contributed by atoms with Crippen LogP contribution in [-0.2, 0) is 7.05 Å². The molecule has 0 aliphatic heterocycles. The first kappa shape index (κ1) is 10.4. The molecule has 5 heteroatoms. The van der Waals surface area contributed by atoms with Crippen LogP contribution in [0.2, 0.25) is 0 Å². The lowest BCUT2D eigenvalue weighted by atomic mass is 10.1. The van der Waals surface area contributed by atoms with Gasteiger partial charge in [-0.3, -0.25) is 4.57 Å². The lowest BCUT2D eigenvalue weighted by Gasteiger charge is -2.05. The molecule has 1 aromatic heterocycles. The van der Waals surface area contributed by atoms with Gasteiger partial charge in [0.05, 0.1) is 11.6 Å². The number of nitrogens with zero attached hydrogens (tertiary/aromatic N) is 1. The molecule has 0 aliphatic carbocycles. The number of aromatic nitrogens is 1. The number of hydrogen-bond donors (Lipinski definition) is 1. The average molecular weight is 272 g/mol. The Labute approximate surface area is 94.3 Å². The van der Waals surface area contributed by atoms with E-state index in [-0.39, 0.29) is 0 Å². The number of alkyl halides is 1. The fraction of sp³-hybridized carbons (Fsp3) is 0.300. The number of aliphatic hydroxyl groups excluding tert-OH is 1. The highest BCUT2D eigenvalue weighted by Crippen LogP contribution is 2.20. The van der Waals surface area contributed by atoms with E-state index >= 15 is 0 Å². The van der Waals surface area contributed by atoms with Gasteiger partial charge in [-0.25, -0.2) is 4.79 Å². The summed E-state index contributed by atoms with van der Waals surface area (Å²) in [5.74, 6) is -0.393. The summed E-state index contributed by atoms with van der Waals surface area (Å²) in [6, 6.07) is 5.23. The number of fused-ring (bicyclic) bond motifs is 1. The van der Waals surface area contributed by atoms with E-state index in [1.165, 1.54) is 4.57 Å². The van der Waals surface area contributed by atoms with E-state index < -0.39 is 11.9 Å². The summed E-state index contributed by atoms with van der Waals surface area (Å²) >= 11 is 3.19. The highest BCUT2D eigenvalue weighted by molar-refractivity contribution is 9.09. The van der Waals surface area contributed by atoms with Crippen molar-refractivity contribution >= 4 is 27.0 Å². The van der Waals surface area contributed by atoms with Gasteiger partial charge >= 0.3 is 5.76 Å². The van der Waals surface area contributed by atoms with E-state index in [9.17, 15) is 9.90 Å². The molecule has 15 heavy (non-hydrogen) atoms. The van der Waals surface area contributed by atoms with Gasteiger partial charge in [-0.15, -0.1) is 0 Å². The van der Waals surface area contributed by atoms with E-state index in [2.05, 4.69) is 15.9 Å². The maximum atomic E-state index is 11.2. The third-order valence-electron chi connectivity index (χ3n) is 2.35. The molecule has 2 rings (SSSR count). The summed E-state index contributed by atoms with van der Waals surface area (Å²) in [7, 11) is 1.65. The maximum Gasteiger partial charge on any atom is 0.419 e. The van der Waals surface area contributed by atoms with Gasteiger partial charge in [0.25, 0.3) is 0 Å². The summed E-state index contributed by atoms with van der Waals surface area (Å²) in [6.07, 6.45) is -0.583. The lowest BCUT2D eigenvalue weighted by molar-refractivity contribution is 0.205. The molecule has 1 N–H and O–H groups in total. The molecule has 1 aromatic carbocycles. The molecule has 0 fully saturated rings. The highest BCUT2D eigenvalue weighted by Gasteiger charge is 2.10. The maximum absolute atomic E-state index is 11.2. The molecular weight excluding hydrogens is 262 g/mol. The summed E-state index contributed by atoms with van der Waals surface area (Å²) in [6.45, 7) is 0.